The second-order valence-electron chi connectivity index (χ2n) is 6.50. The van der Waals surface area contributed by atoms with Gasteiger partial charge in [-0.05, 0) is 50.7 Å². The molecule has 0 unspecified atom stereocenters. The van der Waals surface area contributed by atoms with Gasteiger partial charge in [0.1, 0.15) is 17.7 Å². The summed E-state index contributed by atoms with van der Waals surface area (Å²) >= 11 is 0. The van der Waals surface area contributed by atoms with Crippen LogP contribution >= 0.6 is 0 Å². The zero-order valence-corrected chi connectivity index (χ0v) is 13.5. The Morgan fingerprint density at radius 1 is 1.22 bits per heavy atom. The smallest absolute Gasteiger partial charge is 0.131 e. The van der Waals surface area contributed by atoms with E-state index in [1.54, 1.807) is 6.20 Å². The number of aromatic nitrogens is 3. The van der Waals surface area contributed by atoms with E-state index in [-0.39, 0.29) is 0 Å². The summed E-state index contributed by atoms with van der Waals surface area (Å²) in [7, 11) is 2.16. The Hall–Kier alpha value is -2.35. The van der Waals surface area contributed by atoms with Gasteiger partial charge in [-0.15, -0.1) is 0 Å². The Morgan fingerprint density at radius 3 is 2.83 bits per heavy atom. The summed E-state index contributed by atoms with van der Waals surface area (Å²) < 4.78 is 2.32. The lowest BCUT2D eigenvalue weighted by Crippen LogP contribution is -2.25. The predicted octanol–water partition coefficient (Wildman–Crippen LogP) is 2.91. The molecule has 1 aliphatic carbocycles. The topological polar surface area (TPSA) is 57.7 Å². The van der Waals surface area contributed by atoms with E-state index in [0.717, 1.165) is 38.0 Å². The fourth-order valence-corrected chi connectivity index (χ4v) is 3.94. The number of hydrogen-bond acceptors (Lipinski definition) is 4. The van der Waals surface area contributed by atoms with Crippen molar-refractivity contribution in [2.75, 3.05) is 11.4 Å². The van der Waals surface area contributed by atoms with Crippen molar-refractivity contribution in [2.24, 2.45) is 7.05 Å². The molecule has 2 aromatic heterocycles. The van der Waals surface area contributed by atoms with Gasteiger partial charge in [-0.25, -0.2) is 9.97 Å². The molecule has 1 aliphatic heterocycles. The number of pyridine rings is 1. The van der Waals surface area contributed by atoms with Crippen molar-refractivity contribution in [1.29, 1.82) is 5.26 Å². The second-order valence-corrected chi connectivity index (χ2v) is 6.50. The Bertz CT molecular complexity index is 753. The van der Waals surface area contributed by atoms with Crippen molar-refractivity contribution in [1.82, 2.24) is 14.5 Å². The summed E-state index contributed by atoms with van der Waals surface area (Å²) in [6.45, 7) is 1.00. The summed E-state index contributed by atoms with van der Waals surface area (Å²) in [5, 5.41) is 8.94. The van der Waals surface area contributed by atoms with Gasteiger partial charge in [-0.3, -0.25) is 0 Å². The third-order valence-corrected chi connectivity index (χ3v) is 5.13. The van der Waals surface area contributed by atoms with Crippen molar-refractivity contribution in [3.63, 3.8) is 0 Å². The zero-order chi connectivity index (χ0) is 15.8. The highest BCUT2D eigenvalue weighted by Crippen LogP contribution is 2.36. The Kier molecular flexibility index (Phi) is 3.53. The molecule has 23 heavy (non-hydrogen) atoms. The zero-order valence-electron chi connectivity index (χ0n) is 13.5. The van der Waals surface area contributed by atoms with E-state index < -0.39 is 0 Å². The summed E-state index contributed by atoms with van der Waals surface area (Å²) in [6.07, 6.45) is 8.74. The molecule has 118 valence electrons. The lowest BCUT2D eigenvalue weighted by molar-refractivity contribution is 0.607. The van der Waals surface area contributed by atoms with Crippen LogP contribution < -0.4 is 4.90 Å². The maximum Gasteiger partial charge on any atom is 0.131 e. The quantitative estimate of drug-likeness (QED) is 0.856. The van der Waals surface area contributed by atoms with Gasteiger partial charge >= 0.3 is 0 Å². The summed E-state index contributed by atoms with van der Waals surface area (Å²) in [5.74, 6) is 2.13. The maximum absolute atomic E-state index is 8.94. The highest BCUT2D eigenvalue weighted by Gasteiger charge is 2.32. The van der Waals surface area contributed by atoms with Crippen molar-refractivity contribution in [3.8, 4) is 6.07 Å². The average Bonchev–Trinajstić information content (AvgIpc) is 3.20. The van der Waals surface area contributed by atoms with Crippen molar-refractivity contribution < 1.29 is 0 Å². The predicted molar refractivity (Wildman–Crippen MR) is 88.1 cm³/mol. The van der Waals surface area contributed by atoms with Crippen LogP contribution in [-0.2, 0) is 19.9 Å². The number of rotatable bonds is 2. The third-order valence-electron chi connectivity index (χ3n) is 5.13. The van der Waals surface area contributed by atoms with Gasteiger partial charge < -0.3 is 9.47 Å². The first-order valence-electron chi connectivity index (χ1n) is 8.45. The third kappa shape index (κ3) is 2.39. The van der Waals surface area contributed by atoms with Crippen LogP contribution in [0.3, 0.4) is 0 Å². The number of nitrogens with zero attached hydrogens (tertiary/aromatic N) is 5. The first kappa shape index (κ1) is 14.3. The van der Waals surface area contributed by atoms with Crippen LogP contribution in [0.25, 0.3) is 0 Å². The molecule has 0 bridgehead atoms. The second kappa shape index (κ2) is 5.69. The van der Waals surface area contributed by atoms with Gasteiger partial charge in [-0.1, -0.05) is 0 Å². The fraction of sp³-hybridized carbons (Fsp3) is 0.500. The first-order chi connectivity index (χ1) is 11.3. The minimum atomic E-state index is 0.297. The number of nitriles is 1. The number of aryl methyl sites for hydroxylation is 1. The molecular formula is C18H21N5. The molecule has 1 saturated heterocycles. The minimum absolute atomic E-state index is 0.297. The van der Waals surface area contributed by atoms with Crippen molar-refractivity contribution >= 4 is 5.82 Å². The number of imidazole rings is 1. The van der Waals surface area contributed by atoms with Crippen LogP contribution in [0, 0.1) is 11.3 Å². The maximum atomic E-state index is 8.94. The van der Waals surface area contributed by atoms with Gasteiger partial charge in [0.25, 0.3) is 0 Å². The van der Waals surface area contributed by atoms with E-state index in [1.807, 2.05) is 12.1 Å². The summed E-state index contributed by atoms with van der Waals surface area (Å²) in [6, 6.07) is 6.24. The van der Waals surface area contributed by atoms with Crippen LogP contribution in [0.5, 0.6) is 0 Å². The summed E-state index contributed by atoms with van der Waals surface area (Å²) in [5.41, 5.74) is 3.33. The van der Waals surface area contributed by atoms with Gasteiger partial charge in [0.2, 0.25) is 0 Å². The van der Waals surface area contributed by atoms with E-state index >= 15 is 0 Å². The van der Waals surface area contributed by atoms with Crippen LogP contribution in [0.15, 0.2) is 18.3 Å². The number of anilines is 1. The first-order valence-corrected chi connectivity index (χ1v) is 8.45. The van der Waals surface area contributed by atoms with E-state index in [2.05, 4.69) is 27.6 Å². The van der Waals surface area contributed by atoms with E-state index in [1.165, 1.54) is 30.1 Å². The van der Waals surface area contributed by atoms with Gasteiger partial charge in [0.15, 0.2) is 0 Å². The van der Waals surface area contributed by atoms with Crippen LogP contribution in [-0.4, -0.2) is 21.1 Å². The normalized spacial score (nSPS) is 20.3. The summed E-state index contributed by atoms with van der Waals surface area (Å²) in [4.78, 5) is 11.8. The molecule has 4 rings (SSSR count). The average molecular weight is 307 g/mol. The Morgan fingerprint density at radius 2 is 2.09 bits per heavy atom. The fourth-order valence-electron chi connectivity index (χ4n) is 3.94. The van der Waals surface area contributed by atoms with Gasteiger partial charge in [0.05, 0.1) is 17.3 Å². The molecule has 3 heterocycles. The van der Waals surface area contributed by atoms with Gasteiger partial charge in [-0.2, -0.15) is 5.26 Å². The highest BCUT2D eigenvalue weighted by molar-refractivity contribution is 5.45. The Balaban J connectivity index is 1.68. The molecule has 0 spiro atoms. The molecule has 0 amide bonds. The molecule has 0 aromatic carbocycles. The highest BCUT2D eigenvalue weighted by atomic mass is 15.3. The lowest BCUT2D eigenvalue weighted by Gasteiger charge is -2.25. The molecule has 2 aliphatic rings. The monoisotopic (exact) mass is 307 g/mol. The molecule has 5 nitrogen and oxygen atoms in total. The molecule has 1 atom stereocenters. The lowest BCUT2D eigenvalue weighted by atomic mass is 10.0. The number of fused-ring (bicyclic) bond motifs is 1. The van der Waals surface area contributed by atoms with Crippen LogP contribution in [0.4, 0.5) is 5.82 Å². The van der Waals surface area contributed by atoms with Crippen LogP contribution in [0.1, 0.15) is 54.5 Å². The number of hydrogen-bond donors (Lipinski definition) is 0. The molecule has 1 fully saturated rings. The Labute approximate surface area is 136 Å². The molecule has 0 radical (unpaired) electrons. The molecule has 0 N–H and O–H groups in total. The minimum Gasteiger partial charge on any atom is -0.346 e. The van der Waals surface area contributed by atoms with Crippen molar-refractivity contribution in [2.45, 2.75) is 44.6 Å². The standard InChI is InChI=1S/C18H21N5/c1-22-15-6-3-2-5-14(15)21-18(22)16-7-4-10-23(16)17-9-8-13(11-19)12-20-17/h8-9,12,16H,2-7,10H2,1H3/t16-/m1/s1. The van der Waals surface area contributed by atoms with E-state index in [9.17, 15) is 0 Å². The largest absolute Gasteiger partial charge is 0.346 e. The van der Waals surface area contributed by atoms with Crippen LogP contribution in [0.2, 0.25) is 0 Å². The molecule has 5 heteroatoms. The van der Waals surface area contributed by atoms with E-state index in [4.69, 9.17) is 10.2 Å². The molecule has 2 aromatic rings. The molecular weight excluding hydrogens is 286 g/mol. The van der Waals surface area contributed by atoms with Crippen molar-refractivity contribution in [3.05, 3.63) is 41.1 Å². The molecule has 0 saturated carbocycles. The van der Waals surface area contributed by atoms with E-state index in [0.29, 0.717) is 11.6 Å². The SMILES string of the molecule is Cn1c([C@H]2CCCN2c2ccc(C#N)cn2)nc2c1CCCC2. The van der Waals surface area contributed by atoms with Gasteiger partial charge in [0, 0.05) is 25.5 Å².